The van der Waals surface area contributed by atoms with E-state index in [1.54, 1.807) is 18.3 Å². The number of aryl methyl sites for hydroxylation is 3. The number of carbonyl (C=O) groups excluding carboxylic acids is 1. The molecule has 3 rings (SSSR count). The van der Waals surface area contributed by atoms with E-state index in [9.17, 15) is 9.90 Å². The number of anilines is 1. The van der Waals surface area contributed by atoms with E-state index in [1.165, 1.54) is 17.4 Å². The summed E-state index contributed by atoms with van der Waals surface area (Å²) in [5.41, 5.74) is -0.288. The summed E-state index contributed by atoms with van der Waals surface area (Å²) in [5, 5.41) is 14.4. The molecule has 1 aliphatic rings. The Balaban J connectivity index is 1.89. The molecule has 124 valence electrons. The highest BCUT2D eigenvalue weighted by Crippen LogP contribution is 2.39. The van der Waals surface area contributed by atoms with Crippen molar-refractivity contribution in [1.82, 2.24) is 9.97 Å². The molecule has 0 aromatic carbocycles. The van der Waals surface area contributed by atoms with E-state index in [1.807, 2.05) is 6.92 Å². The summed E-state index contributed by atoms with van der Waals surface area (Å²) in [7, 11) is 0. The summed E-state index contributed by atoms with van der Waals surface area (Å²) in [6, 6.07) is 0. The summed E-state index contributed by atoms with van der Waals surface area (Å²) < 4.78 is 4.91. The molecule has 23 heavy (non-hydrogen) atoms. The van der Waals surface area contributed by atoms with Crippen molar-refractivity contribution in [2.24, 2.45) is 0 Å². The van der Waals surface area contributed by atoms with E-state index in [2.05, 4.69) is 15.3 Å². The smallest absolute Gasteiger partial charge is 0.339 e. The molecular formula is C16H21N3O3S. The molecule has 2 aromatic rings. The average molecular weight is 335 g/mol. The average Bonchev–Trinajstić information content (AvgIpc) is 3.05. The van der Waals surface area contributed by atoms with Gasteiger partial charge in [-0.25, -0.2) is 14.8 Å². The molecule has 0 aliphatic heterocycles. The number of aliphatic hydroxyl groups is 1. The standard InChI is InChI=1S/C16H21N3O3S/c1-4-22-15(20)16(3,21)8-17-13-12-10-6-5-7-11(10)23-14(12)19-9(2)18-13/h21H,4-8H2,1-3H3,(H,17,18,19)/t16-/m0/s1. The normalized spacial score (nSPS) is 16.2. The van der Waals surface area contributed by atoms with Gasteiger partial charge in [0.25, 0.3) is 0 Å². The molecule has 0 amide bonds. The highest BCUT2D eigenvalue weighted by Gasteiger charge is 2.32. The summed E-state index contributed by atoms with van der Waals surface area (Å²) >= 11 is 1.72. The largest absolute Gasteiger partial charge is 0.464 e. The minimum absolute atomic E-state index is 0.0437. The molecule has 2 N–H and O–H groups in total. The van der Waals surface area contributed by atoms with Crippen molar-refractivity contribution < 1.29 is 14.6 Å². The van der Waals surface area contributed by atoms with Gasteiger partial charge in [-0.05, 0) is 45.6 Å². The Labute approximate surface area is 138 Å². The number of ether oxygens (including phenoxy) is 1. The highest BCUT2D eigenvalue weighted by atomic mass is 32.1. The zero-order valence-electron chi connectivity index (χ0n) is 13.6. The third-order valence-electron chi connectivity index (χ3n) is 3.99. The van der Waals surface area contributed by atoms with Gasteiger partial charge in [0.1, 0.15) is 16.5 Å². The first-order chi connectivity index (χ1) is 10.9. The lowest BCUT2D eigenvalue weighted by atomic mass is 10.1. The molecule has 0 fully saturated rings. The lowest BCUT2D eigenvalue weighted by Gasteiger charge is -2.22. The number of fused-ring (bicyclic) bond motifs is 3. The van der Waals surface area contributed by atoms with Crippen molar-refractivity contribution in [3.8, 4) is 0 Å². The lowest BCUT2D eigenvalue weighted by Crippen LogP contribution is -2.43. The highest BCUT2D eigenvalue weighted by molar-refractivity contribution is 7.19. The number of esters is 1. The zero-order chi connectivity index (χ0) is 16.6. The molecule has 0 saturated carbocycles. The van der Waals surface area contributed by atoms with Crippen molar-refractivity contribution in [1.29, 1.82) is 0 Å². The molecule has 0 saturated heterocycles. The summed E-state index contributed by atoms with van der Waals surface area (Å²) in [6.45, 7) is 5.29. The van der Waals surface area contributed by atoms with Crippen LogP contribution in [0.4, 0.5) is 5.82 Å². The first-order valence-electron chi connectivity index (χ1n) is 7.84. The molecule has 0 bridgehead atoms. The summed E-state index contributed by atoms with van der Waals surface area (Å²) in [6.07, 6.45) is 3.28. The van der Waals surface area contributed by atoms with Crippen molar-refractivity contribution in [2.75, 3.05) is 18.5 Å². The van der Waals surface area contributed by atoms with Crippen LogP contribution in [0.3, 0.4) is 0 Å². The quantitative estimate of drug-likeness (QED) is 0.815. The molecule has 1 atom stereocenters. The minimum Gasteiger partial charge on any atom is -0.464 e. The van der Waals surface area contributed by atoms with Gasteiger partial charge in [0.05, 0.1) is 18.5 Å². The molecule has 0 spiro atoms. The molecular weight excluding hydrogens is 314 g/mol. The Bertz CT molecular complexity index is 755. The van der Waals surface area contributed by atoms with E-state index in [0.717, 1.165) is 29.5 Å². The first kappa shape index (κ1) is 16.1. The fourth-order valence-electron chi connectivity index (χ4n) is 2.84. The molecule has 2 aromatic heterocycles. The van der Waals surface area contributed by atoms with Crippen LogP contribution in [0.25, 0.3) is 10.2 Å². The van der Waals surface area contributed by atoms with Gasteiger partial charge in [0, 0.05) is 4.88 Å². The number of nitrogens with one attached hydrogen (secondary N) is 1. The molecule has 0 radical (unpaired) electrons. The summed E-state index contributed by atoms with van der Waals surface area (Å²) in [4.78, 5) is 23.2. The number of hydrogen-bond donors (Lipinski definition) is 2. The van der Waals surface area contributed by atoms with Gasteiger partial charge in [0.15, 0.2) is 5.60 Å². The van der Waals surface area contributed by atoms with E-state index in [-0.39, 0.29) is 13.2 Å². The maximum Gasteiger partial charge on any atom is 0.339 e. The Hall–Kier alpha value is -1.73. The Kier molecular flexibility index (Phi) is 4.25. The van der Waals surface area contributed by atoms with E-state index >= 15 is 0 Å². The topological polar surface area (TPSA) is 84.3 Å². The van der Waals surface area contributed by atoms with Crippen LogP contribution in [-0.4, -0.2) is 39.8 Å². The van der Waals surface area contributed by atoms with Crippen LogP contribution in [-0.2, 0) is 22.4 Å². The van der Waals surface area contributed by atoms with Crippen LogP contribution in [0.2, 0.25) is 0 Å². The molecule has 6 nitrogen and oxygen atoms in total. The Morgan fingerprint density at radius 3 is 2.96 bits per heavy atom. The molecule has 2 heterocycles. The van der Waals surface area contributed by atoms with Gasteiger partial charge < -0.3 is 15.2 Å². The van der Waals surface area contributed by atoms with E-state index in [0.29, 0.717) is 11.6 Å². The molecule has 0 unspecified atom stereocenters. The van der Waals surface area contributed by atoms with E-state index < -0.39 is 11.6 Å². The van der Waals surface area contributed by atoms with Crippen LogP contribution < -0.4 is 5.32 Å². The van der Waals surface area contributed by atoms with Gasteiger partial charge in [0.2, 0.25) is 0 Å². The SMILES string of the molecule is CCOC(=O)[C@@](C)(O)CNc1nc(C)nc2sc3c(c12)CCC3. The predicted octanol–water partition coefficient (Wildman–Crippen LogP) is 2.21. The van der Waals surface area contributed by atoms with Crippen LogP contribution >= 0.6 is 11.3 Å². The van der Waals surface area contributed by atoms with Crippen LogP contribution in [0, 0.1) is 6.92 Å². The zero-order valence-corrected chi connectivity index (χ0v) is 14.4. The minimum atomic E-state index is -1.60. The second-order valence-corrected chi connectivity index (χ2v) is 7.09. The van der Waals surface area contributed by atoms with Crippen molar-refractivity contribution in [2.45, 2.75) is 45.6 Å². The van der Waals surface area contributed by atoms with Crippen molar-refractivity contribution in [3.05, 3.63) is 16.3 Å². The maximum absolute atomic E-state index is 11.8. The number of rotatable bonds is 5. The van der Waals surface area contributed by atoms with Crippen LogP contribution in [0.15, 0.2) is 0 Å². The Morgan fingerprint density at radius 1 is 1.43 bits per heavy atom. The molecule has 7 heteroatoms. The number of hydrogen-bond acceptors (Lipinski definition) is 7. The fourth-order valence-corrected chi connectivity index (χ4v) is 4.15. The second kappa shape index (κ2) is 6.05. The summed E-state index contributed by atoms with van der Waals surface area (Å²) in [5.74, 6) is 0.734. The van der Waals surface area contributed by atoms with Gasteiger partial charge in [-0.15, -0.1) is 11.3 Å². The van der Waals surface area contributed by atoms with Crippen LogP contribution in [0.5, 0.6) is 0 Å². The molecule has 1 aliphatic carbocycles. The van der Waals surface area contributed by atoms with Crippen molar-refractivity contribution in [3.63, 3.8) is 0 Å². The maximum atomic E-state index is 11.8. The van der Waals surface area contributed by atoms with Gasteiger partial charge in [-0.3, -0.25) is 0 Å². The number of carbonyl (C=O) groups is 1. The van der Waals surface area contributed by atoms with Gasteiger partial charge >= 0.3 is 5.97 Å². The fraction of sp³-hybridized carbons (Fsp3) is 0.562. The van der Waals surface area contributed by atoms with Gasteiger partial charge in [-0.1, -0.05) is 0 Å². The lowest BCUT2D eigenvalue weighted by molar-refractivity contribution is -0.161. The third kappa shape index (κ3) is 3.03. The predicted molar refractivity (Wildman–Crippen MR) is 89.9 cm³/mol. The Morgan fingerprint density at radius 2 is 2.22 bits per heavy atom. The van der Waals surface area contributed by atoms with Crippen molar-refractivity contribution >= 4 is 33.3 Å². The van der Waals surface area contributed by atoms with Gasteiger partial charge in [-0.2, -0.15) is 0 Å². The number of aromatic nitrogens is 2. The first-order valence-corrected chi connectivity index (χ1v) is 8.66. The van der Waals surface area contributed by atoms with E-state index in [4.69, 9.17) is 4.74 Å². The third-order valence-corrected chi connectivity index (χ3v) is 5.18. The monoisotopic (exact) mass is 335 g/mol. The number of thiophene rings is 1. The second-order valence-electron chi connectivity index (χ2n) is 6.00. The van der Waals surface area contributed by atoms with Crippen LogP contribution in [0.1, 0.15) is 36.5 Å². The number of nitrogens with zero attached hydrogens (tertiary/aromatic N) is 2.